The number of aliphatic carboxylic acids is 1. The lowest BCUT2D eigenvalue weighted by molar-refractivity contribution is -0.137. The first-order valence-electron chi connectivity index (χ1n) is 12.4. The van der Waals surface area contributed by atoms with E-state index in [-0.39, 0.29) is 36.6 Å². The van der Waals surface area contributed by atoms with E-state index in [0.717, 1.165) is 39.7 Å². The molecule has 0 aliphatic heterocycles. The number of benzene rings is 3. The number of hydrogen-bond donors (Lipinski definition) is 2. The number of aromatic nitrogens is 1. The Labute approximate surface area is 209 Å². The molecule has 1 atom stereocenters. The van der Waals surface area contributed by atoms with E-state index in [2.05, 4.69) is 29.6 Å². The molecule has 0 saturated heterocycles. The number of Topliss-reactive ketones (excluding diaryl/α,β-unsaturated/α-hetero) is 1. The van der Waals surface area contributed by atoms with Crippen molar-refractivity contribution in [2.24, 2.45) is 0 Å². The molecule has 1 aromatic heterocycles. The summed E-state index contributed by atoms with van der Waals surface area (Å²) in [6.45, 7) is 0.118. The molecule has 1 heterocycles. The van der Waals surface area contributed by atoms with Crippen molar-refractivity contribution in [3.8, 4) is 0 Å². The molecule has 0 bridgehead atoms. The van der Waals surface area contributed by atoms with Crippen molar-refractivity contribution in [1.29, 1.82) is 0 Å². The molecule has 2 N–H and O–H groups in total. The van der Waals surface area contributed by atoms with Crippen molar-refractivity contribution < 1.29 is 19.1 Å². The first-order chi connectivity index (χ1) is 17.5. The highest BCUT2D eigenvalue weighted by Gasteiger charge is 2.27. The van der Waals surface area contributed by atoms with Gasteiger partial charge in [-0.25, -0.2) is 4.39 Å². The monoisotopic (exact) mass is 484 g/mol. The molecule has 0 amide bonds. The van der Waals surface area contributed by atoms with Crippen LogP contribution in [0.15, 0.2) is 78.9 Å². The van der Waals surface area contributed by atoms with Crippen molar-refractivity contribution in [2.45, 2.75) is 44.2 Å². The third kappa shape index (κ3) is 5.09. The van der Waals surface area contributed by atoms with Gasteiger partial charge in [0.05, 0.1) is 6.54 Å². The van der Waals surface area contributed by atoms with Crippen molar-refractivity contribution in [2.75, 3.05) is 6.54 Å². The largest absolute Gasteiger partial charge is 0.480 e. The Kier molecular flexibility index (Phi) is 6.96. The van der Waals surface area contributed by atoms with Crippen LogP contribution in [0.3, 0.4) is 0 Å². The molecule has 0 spiro atoms. The number of carboxylic acid groups (broad SMARTS) is 1. The third-order valence-electron chi connectivity index (χ3n) is 7.15. The molecular weight excluding hydrogens is 455 g/mol. The molecule has 0 radical (unpaired) electrons. The molecule has 1 aliphatic carbocycles. The summed E-state index contributed by atoms with van der Waals surface area (Å²) >= 11 is 0. The maximum absolute atomic E-state index is 14.0. The summed E-state index contributed by atoms with van der Waals surface area (Å²) in [6, 6.07) is 24.8. The number of ketones is 1. The Balaban J connectivity index is 1.30. The number of carbonyl (C=O) groups is 2. The molecule has 3 aromatic carbocycles. The van der Waals surface area contributed by atoms with Crippen LogP contribution in [-0.2, 0) is 29.0 Å². The lowest BCUT2D eigenvalue weighted by atomic mass is 9.87. The van der Waals surface area contributed by atoms with E-state index in [1.807, 2.05) is 36.4 Å². The molecule has 184 valence electrons. The minimum absolute atomic E-state index is 0.00312. The zero-order chi connectivity index (χ0) is 25.1. The molecule has 5 rings (SSSR count). The first kappa shape index (κ1) is 23.9. The number of nitrogens with one attached hydrogen (secondary N) is 1. The lowest BCUT2D eigenvalue weighted by Crippen LogP contribution is -2.38. The maximum atomic E-state index is 14.0. The first-order valence-corrected chi connectivity index (χ1v) is 12.4. The van der Waals surface area contributed by atoms with Crippen molar-refractivity contribution in [3.05, 3.63) is 107 Å². The number of halogens is 1. The van der Waals surface area contributed by atoms with Crippen LogP contribution in [0.5, 0.6) is 0 Å². The Bertz CT molecular complexity index is 1340. The number of hydrogen-bond acceptors (Lipinski definition) is 3. The average molecular weight is 485 g/mol. The highest BCUT2D eigenvalue weighted by Crippen LogP contribution is 2.33. The Hall–Kier alpha value is -3.77. The fourth-order valence-electron chi connectivity index (χ4n) is 5.47. The summed E-state index contributed by atoms with van der Waals surface area (Å²) in [4.78, 5) is 24.5. The number of fused-ring (bicyclic) bond motifs is 3. The van der Waals surface area contributed by atoms with Gasteiger partial charge in [-0.05, 0) is 54.2 Å². The summed E-state index contributed by atoms with van der Waals surface area (Å²) in [5.74, 6) is -1.12. The molecule has 6 heteroatoms. The molecular formula is C30H29FN2O3. The molecule has 0 unspecified atom stereocenters. The van der Waals surface area contributed by atoms with Gasteiger partial charge in [0.1, 0.15) is 18.1 Å². The van der Waals surface area contributed by atoms with Crippen molar-refractivity contribution >= 4 is 22.7 Å². The minimum Gasteiger partial charge on any atom is -0.480 e. The van der Waals surface area contributed by atoms with Crippen LogP contribution in [0.25, 0.3) is 10.9 Å². The van der Waals surface area contributed by atoms with Crippen LogP contribution in [0.4, 0.5) is 4.39 Å². The average Bonchev–Trinajstić information content (AvgIpc) is 3.18. The fraction of sp³-hybridized carbons (Fsp3) is 0.267. The van der Waals surface area contributed by atoms with Crippen LogP contribution < -0.4 is 5.32 Å². The quantitative estimate of drug-likeness (QED) is 0.347. The Morgan fingerprint density at radius 1 is 1.00 bits per heavy atom. The van der Waals surface area contributed by atoms with Crippen LogP contribution >= 0.6 is 0 Å². The van der Waals surface area contributed by atoms with Gasteiger partial charge in [0.25, 0.3) is 0 Å². The van der Waals surface area contributed by atoms with E-state index in [1.54, 1.807) is 10.6 Å². The van der Waals surface area contributed by atoms with Gasteiger partial charge in [-0.15, -0.1) is 0 Å². The molecule has 0 saturated carbocycles. The number of carbonyl (C=O) groups excluding carboxylic acids is 1. The SMILES string of the molecule is O=C(O)Cn1c2c(c3cc(F)ccc31)C[C@@H](NCC(=O)CC(c1ccccc1)c1ccccc1)CC2. The summed E-state index contributed by atoms with van der Waals surface area (Å²) in [7, 11) is 0. The molecule has 36 heavy (non-hydrogen) atoms. The summed E-state index contributed by atoms with van der Waals surface area (Å²) in [5, 5.41) is 13.6. The minimum atomic E-state index is -0.920. The molecule has 1 aliphatic rings. The van der Waals surface area contributed by atoms with Gasteiger partial charge >= 0.3 is 5.97 Å². The van der Waals surface area contributed by atoms with E-state index in [0.29, 0.717) is 19.3 Å². The van der Waals surface area contributed by atoms with Crippen molar-refractivity contribution in [3.63, 3.8) is 0 Å². The third-order valence-corrected chi connectivity index (χ3v) is 7.15. The van der Waals surface area contributed by atoms with Gasteiger partial charge in [-0.1, -0.05) is 60.7 Å². The Morgan fingerprint density at radius 3 is 2.31 bits per heavy atom. The predicted molar refractivity (Wildman–Crippen MR) is 138 cm³/mol. The normalized spacial score (nSPS) is 15.2. The zero-order valence-electron chi connectivity index (χ0n) is 20.0. The van der Waals surface area contributed by atoms with Gasteiger partial charge in [-0.3, -0.25) is 9.59 Å². The van der Waals surface area contributed by atoms with E-state index in [1.165, 1.54) is 12.1 Å². The van der Waals surface area contributed by atoms with Gasteiger partial charge < -0.3 is 15.0 Å². The van der Waals surface area contributed by atoms with Gasteiger partial charge in [0, 0.05) is 35.0 Å². The van der Waals surface area contributed by atoms with Gasteiger partial charge in [-0.2, -0.15) is 0 Å². The van der Waals surface area contributed by atoms with Crippen LogP contribution in [0, 0.1) is 5.82 Å². The highest BCUT2D eigenvalue weighted by atomic mass is 19.1. The summed E-state index contributed by atoms with van der Waals surface area (Å²) in [6.07, 6.45) is 2.51. The van der Waals surface area contributed by atoms with E-state index < -0.39 is 5.97 Å². The number of nitrogens with zero attached hydrogens (tertiary/aromatic N) is 1. The van der Waals surface area contributed by atoms with Crippen LogP contribution in [0.2, 0.25) is 0 Å². The standard InChI is InChI=1S/C30H29FN2O3/c31-22-11-13-28-26(15-22)27-16-23(12-14-29(27)33(28)19-30(35)36)32-18-24(34)17-25(20-7-3-1-4-8-20)21-9-5-2-6-10-21/h1-11,13,15,23,25,32H,12,14,16-19H2,(H,35,36)/t23-/m0/s1. The highest BCUT2D eigenvalue weighted by molar-refractivity contribution is 5.87. The predicted octanol–water partition coefficient (Wildman–Crippen LogP) is 5.10. The lowest BCUT2D eigenvalue weighted by Gasteiger charge is -2.25. The summed E-state index contributed by atoms with van der Waals surface area (Å²) < 4.78 is 15.8. The van der Waals surface area contributed by atoms with Crippen LogP contribution in [-0.4, -0.2) is 34.0 Å². The molecule has 4 aromatic rings. The number of rotatable bonds is 9. The molecule has 5 nitrogen and oxygen atoms in total. The van der Waals surface area contributed by atoms with Gasteiger partial charge in [0.2, 0.25) is 0 Å². The topological polar surface area (TPSA) is 71.3 Å². The second-order valence-electron chi connectivity index (χ2n) is 9.50. The van der Waals surface area contributed by atoms with E-state index in [4.69, 9.17) is 0 Å². The number of carboxylic acids is 1. The van der Waals surface area contributed by atoms with E-state index in [9.17, 15) is 19.1 Å². The second-order valence-corrected chi connectivity index (χ2v) is 9.50. The second kappa shape index (κ2) is 10.5. The smallest absolute Gasteiger partial charge is 0.323 e. The summed E-state index contributed by atoms with van der Waals surface area (Å²) in [5.41, 5.74) is 4.92. The maximum Gasteiger partial charge on any atom is 0.323 e. The Morgan fingerprint density at radius 2 is 1.67 bits per heavy atom. The van der Waals surface area contributed by atoms with Crippen LogP contribution in [0.1, 0.15) is 41.1 Å². The van der Waals surface area contributed by atoms with E-state index >= 15 is 0 Å². The zero-order valence-corrected chi connectivity index (χ0v) is 20.0. The fourth-order valence-corrected chi connectivity index (χ4v) is 5.47. The molecule has 0 fully saturated rings. The van der Waals surface area contributed by atoms with Gasteiger partial charge in [0.15, 0.2) is 0 Å². The van der Waals surface area contributed by atoms with Crippen molar-refractivity contribution in [1.82, 2.24) is 9.88 Å².